The number of carbonyl (C=O) groups excluding carboxylic acids is 1. The van der Waals surface area contributed by atoms with Crippen LogP contribution in [0.4, 0.5) is 23.2 Å². The molecule has 1 amide bonds. The SMILES string of the molecule is O=C(Nc1cnc(-c2ncco2)c(Cl)c1)c1cnn(-c2ccc(F)c3ncccc23)c1C(F)(F)F. The third-order valence-electron chi connectivity index (χ3n) is 4.94. The van der Waals surface area contributed by atoms with Crippen LogP contribution < -0.4 is 5.32 Å². The average molecular weight is 503 g/mol. The Morgan fingerprint density at radius 3 is 2.63 bits per heavy atom. The molecule has 8 nitrogen and oxygen atoms in total. The lowest BCUT2D eigenvalue weighted by atomic mass is 10.1. The maximum Gasteiger partial charge on any atom is 0.434 e. The van der Waals surface area contributed by atoms with Gasteiger partial charge in [0.25, 0.3) is 5.91 Å². The first-order valence-electron chi connectivity index (χ1n) is 9.79. The minimum atomic E-state index is -4.98. The van der Waals surface area contributed by atoms with E-state index in [9.17, 15) is 22.4 Å². The Balaban J connectivity index is 1.54. The first-order valence-corrected chi connectivity index (χ1v) is 10.2. The molecule has 4 heterocycles. The second-order valence-corrected chi connectivity index (χ2v) is 7.54. The van der Waals surface area contributed by atoms with Crippen molar-refractivity contribution < 1.29 is 26.8 Å². The molecular weight excluding hydrogens is 492 g/mol. The minimum absolute atomic E-state index is 0.0348. The van der Waals surface area contributed by atoms with Gasteiger partial charge >= 0.3 is 6.18 Å². The largest absolute Gasteiger partial charge is 0.443 e. The fourth-order valence-electron chi connectivity index (χ4n) is 3.48. The summed E-state index contributed by atoms with van der Waals surface area (Å²) in [5.74, 6) is -1.68. The molecule has 5 rings (SSSR count). The van der Waals surface area contributed by atoms with Crippen LogP contribution in [-0.2, 0) is 6.18 Å². The number of carbonyl (C=O) groups is 1. The Bertz CT molecular complexity index is 1570. The van der Waals surface area contributed by atoms with Crippen molar-refractivity contribution in [3.05, 3.63) is 83.5 Å². The zero-order valence-corrected chi connectivity index (χ0v) is 18.0. The van der Waals surface area contributed by atoms with Crippen molar-refractivity contribution in [2.75, 3.05) is 5.32 Å². The molecule has 0 radical (unpaired) electrons. The predicted molar refractivity (Wildman–Crippen MR) is 117 cm³/mol. The lowest BCUT2D eigenvalue weighted by Gasteiger charge is -2.14. The van der Waals surface area contributed by atoms with E-state index in [0.717, 1.165) is 18.3 Å². The first kappa shape index (κ1) is 22.5. The molecule has 176 valence electrons. The number of fused-ring (bicyclic) bond motifs is 1. The number of halogens is 5. The second-order valence-electron chi connectivity index (χ2n) is 7.13. The molecule has 0 saturated carbocycles. The fourth-order valence-corrected chi connectivity index (χ4v) is 3.73. The highest BCUT2D eigenvalue weighted by molar-refractivity contribution is 6.33. The highest BCUT2D eigenvalue weighted by Crippen LogP contribution is 2.36. The summed E-state index contributed by atoms with van der Waals surface area (Å²) < 4.78 is 62.1. The molecule has 13 heteroatoms. The van der Waals surface area contributed by atoms with Crippen LogP contribution in [0.25, 0.3) is 28.2 Å². The second kappa shape index (κ2) is 8.47. The van der Waals surface area contributed by atoms with E-state index >= 15 is 0 Å². The van der Waals surface area contributed by atoms with Crippen LogP contribution in [0, 0.1) is 5.82 Å². The summed E-state index contributed by atoms with van der Waals surface area (Å²) in [6.07, 6.45) is 1.02. The highest BCUT2D eigenvalue weighted by Gasteiger charge is 2.41. The molecule has 0 atom stereocenters. The van der Waals surface area contributed by atoms with Crippen molar-refractivity contribution in [2.45, 2.75) is 6.18 Å². The zero-order chi connectivity index (χ0) is 24.7. The van der Waals surface area contributed by atoms with E-state index in [4.69, 9.17) is 16.0 Å². The summed E-state index contributed by atoms with van der Waals surface area (Å²) in [6, 6.07) is 6.27. The van der Waals surface area contributed by atoms with Crippen LogP contribution in [0.15, 0.2) is 65.8 Å². The number of anilines is 1. The molecule has 0 aliphatic carbocycles. The number of oxazole rings is 1. The number of rotatable bonds is 4. The van der Waals surface area contributed by atoms with E-state index < -0.39 is 29.2 Å². The lowest BCUT2D eigenvalue weighted by molar-refractivity contribution is -0.143. The maximum absolute atomic E-state index is 14.1. The number of nitrogens with zero attached hydrogens (tertiary/aromatic N) is 5. The van der Waals surface area contributed by atoms with Gasteiger partial charge in [0.15, 0.2) is 5.69 Å². The number of hydrogen-bond donors (Lipinski definition) is 1. The molecule has 0 bridgehead atoms. The van der Waals surface area contributed by atoms with E-state index in [0.29, 0.717) is 4.68 Å². The summed E-state index contributed by atoms with van der Waals surface area (Å²) in [5.41, 5.74) is -2.11. The quantitative estimate of drug-likeness (QED) is 0.324. The minimum Gasteiger partial charge on any atom is -0.443 e. The number of pyridine rings is 2. The normalized spacial score (nSPS) is 11.7. The van der Waals surface area contributed by atoms with Crippen LogP contribution in [0.5, 0.6) is 0 Å². The molecule has 0 aliphatic rings. The Morgan fingerprint density at radius 1 is 1.09 bits per heavy atom. The standard InChI is InChI=1S/C22H11ClF4N6O2/c23-14-8-11(9-30-18(14)21-29-6-7-35-21)32-20(34)13-10-31-33(19(13)22(25,26)27)16-4-3-15(24)17-12(16)2-1-5-28-17/h1-10H,(H,32,34). The van der Waals surface area contributed by atoms with Crippen LogP contribution in [0.3, 0.4) is 0 Å². The van der Waals surface area contributed by atoms with Gasteiger partial charge in [0.05, 0.1) is 40.6 Å². The number of nitrogens with one attached hydrogen (secondary N) is 1. The molecule has 0 spiro atoms. The van der Waals surface area contributed by atoms with Crippen LogP contribution >= 0.6 is 11.6 Å². The van der Waals surface area contributed by atoms with Gasteiger partial charge in [-0.05, 0) is 30.3 Å². The molecule has 1 aromatic carbocycles. The number of benzene rings is 1. The average Bonchev–Trinajstić information content (AvgIpc) is 3.50. The van der Waals surface area contributed by atoms with Gasteiger partial charge in [-0.25, -0.2) is 19.0 Å². The van der Waals surface area contributed by atoms with Gasteiger partial charge in [0.2, 0.25) is 5.89 Å². The predicted octanol–water partition coefficient (Wildman–Crippen LogP) is 5.53. The third kappa shape index (κ3) is 4.08. The van der Waals surface area contributed by atoms with Crippen molar-refractivity contribution in [3.63, 3.8) is 0 Å². The topological polar surface area (TPSA) is 98.7 Å². The maximum atomic E-state index is 14.1. The highest BCUT2D eigenvalue weighted by atomic mass is 35.5. The van der Waals surface area contributed by atoms with E-state index in [-0.39, 0.29) is 38.9 Å². The summed E-state index contributed by atoms with van der Waals surface area (Å²) >= 11 is 6.16. The molecule has 0 saturated heterocycles. The van der Waals surface area contributed by atoms with Gasteiger partial charge in [-0.1, -0.05) is 11.6 Å². The smallest absolute Gasteiger partial charge is 0.434 e. The zero-order valence-electron chi connectivity index (χ0n) is 17.2. The molecule has 5 aromatic rings. The number of aromatic nitrogens is 5. The fraction of sp³-hybridized carbons (Fsp3) is 0.0455. The summed E-state index contributed by atoms with van der Waals surface area (Å²) in [5, 5.41) is 6.26. The van der Waals surface area contributed by atoms with Crippen molar-refractivity contribution in [1.29, 1.82) is 0 Å². The van der Waals surface area contributed by atoms with Crippen LogP contribution in [0.2, 0.25) is 5.02 Å². The van der Waals surface area contributed by atoms with E-state index in [1.807, 2.05) is 0 Å². The molecule has 0 fully saturated rings. The van der Waals surface area contributed by atoms with Gasteiger partial charge in [-0.2, -0.15) is 18.3 Å². The van der Waals surface area contributed by atoms with Gasteiger partial charge < -0.3 is 9.73 Å². The van der Waals surface area contributed by atoms with Gasteiger partial charge in [-0.3, -0.25) is 9.78 Å². The van der Waals surface area contributed by atoms with E-state index in [1.54, 1.807) is 0 Å². The molecule has 4 aromatic heterocycles. The first-order chi connectivity index (χ1) is 16.7. The summed E-state index contributed by atoms with van der Waals surface area (Å²) in [7, 11) is 0. The Hall–Kier alpha value is -4.32. The van der Waals surface area contributed by atoms with E-state index in [2.05, 4.69) is 25.4 Å². The Morgan fingerprint density at radius 2 is 1.91 bits per heavy atom. The lowest BCUT2D eigenvalue weighted by Crippen LogP contribution is -2.21. The number of alkyl halides is 3. The van der Waals surface area contributed by atoms with Gasteiger partial charge in [0, 0.05) is 11.6 Å². The number of amides is 1. The molecular formula is C22H11ClF4N6O2. The molecule has 0 unspecified atom stereocenters. The van der Waals surface area contributed by atoms with Crippen molar-refractivity contribution in [1.82, 2.24) is 24.7 Å². The van der Waals surface area contributed by atoms with Gasteiger partial charge in [0.1, 0.15) is 23.3 Å². The summed E-state index contributed by atoms with van der Waals surface area (Å²) in [4.78, 5) is 24.7. The van der Waals surface area contributed by atoms with Crippen molar-refractivity contribution in [3.8, 4) is 17.3 Å². The Kier molecular flexibility index (Phi) is 5.44. The molecule has 1 N–H and O–H groups in total. The molecule has 0 aliphatic heterocycles. The van der Waals surface area contributed by atoms with Crippen molar-refractivity contribution >= 4 is 34.1 Å². The Labute approximate surface area is 198 Å². The van der Waals surface area contributed by atoms with Crippen LogP contribution in [-0.4, -0.2) is 30.6 Å². The van der Waals surface area contributed by atoms with E-state index in [1.165, 1.54) is 43.1 Å². The molecule has 35 heavy (non-hydrogen) atoms. The summed E-state index contributed by atoms with van der Waals surface area (Å²) in [6.45, 7) is 0. The van der Waals surface area contributed by atoms with Gasteiger partial charge in [-0.15, -0.1) is 0 Å². The monoisotopic (exact) mass is 502 g/mol. The number of hydrogen-bond acceptors (Lipinski definition) is 6. The third-order valence-corrected chi connectivity index (χ3v) is 5.23. The van der Waals surface area contributed by atoms with Crippen molar-refractivity contribution in [2.24, 2.45) is 0 Å². The van der Waals surface area contributed by atoms with Crippen LogP contribution in [0.1, 0.15) is 16.1 Å².